The van der Waals surface area contributed by atoms with Crippen LogP contribution in [0.15, 0.2) is 54.0 Å². The molecule has 0 atom stereocenters. The van der Waals surface area contributed by atoms with Gasteiger partial charge in [0, 0.05) is 24.2 Å². The smallest absolute Gasteiger partial charge is 0.254 e. The van der Waals surface area contributed by atoms with Crippen molar-refractivity contribution < 1.29 is 9.53 Å². The number of thiophene rings is 1. The van der Waals surface area contributed by atoms with Gasteiger partial charge in [-0.2, -0.15) is 5.10 Å². The van der Waals surface area contributed by atoms with Gasteiger partial charge in [0.05, 0.1) is 30.8 Å². The lowest BCUT2D eigenvalue weighted by atomic mass is 10.1. The Morgan fingerprint density at radius 2 is 2.03 bits per heavy atom. The molecular weight excluding hydrogens is 384 g/mol. The minimum Gasteiger partial charge on any atom is -0.497 e. The van der Waals surface area contributed by atoms with Crippen LogP contribution in [-0.4, -0.2) is 39.7 Å². The van der Waals surface area contributed by atoms with Crippen LogP contribution in [0, 0.1) is 6.92 Å². The number of carbonyl (C=O) groups excluding carboxylic acids is 1. The van der Waals surface area contributed by atoms with E-state index in [1.54, 1.807) is 29.5 Å². The van der Waals surface area contributed by atoms with Crippen molar-refractivity contribution in [2.24, 2.45) is 0 Å². The maximum atomic E-state index is 13.2. The maximum Gasteiger partial charge on any atom is 0.254 e. The van der Waals surface area contributed by atoms with Crippen molar-refractivity contribution in [3.05, 3.63) is 75.7 Å². The van der Waals surface area contributed by atoms with Crippen LogP contribution in [0.3, 0.4) is 0 Å². The lowest BCUT2D eigenvalue weighted by molar-refractivity contribution is 0.0787. The summed E-state index contributed by atoms with van der Waals surface area (Å²) in [6, 6.07) is 13.7. The summed E-state index contributed by atoms with van der Waals surface area (Å²) < 4.78 is 7.05. The minimum atomic E-state index is -0.0491. The number of hydrogen-bond donors (Lipinski definition) is 0. The molecule has 0 saturated carbocycles. The van der Waals surface area contributed by atoms with Gasteiger partial charge < -0.3 is 9.64 Å². The molecule has 3 aromatic heterocycles. The van der Waals surface area contributed by atoms with Crippen molar-refractivity contribution in [3.63, 3.8) is 0 Å². The fourth-order valence-electron chi connectivity index (χ4n) is 3.30. The monoisotopic (exact) mass is 406 g/mol. The molecule has 0 unspecified atom stereocenters. The Balaban J connectivity index is 1.61. The summed E-state index contributed by atoms with van der Waals surface area (Å²) in [5.74, 6) is 0.749. The quantitative estimate of drug-likeness (QED) is 0.483. The van der Waals surface area contributed by atoms with Crippen molar-refractivity contribution in [1.82, 2.24) is 19.7 Å². The number of hydrogen-bond acceptors (Lipinski definition) is 5. The molecule has 1 amide bonds. The molecule has 0 fully saturated rings. The van der Waals surface area contributed by atoms with Gasteiger partial charge in [0.1, 0.15) is 5.75 Å². The second-order valence-corrected chi connectivity index (χ2v) is 7.97. The van der Waals surface area contributed by atoms with E-state index in [0.29, 0.717) is 18.7 Å². The first-order chi connectivity index (χ1) is 14.0. The van der Waals surface area contributed by atoms with Crippen molar-refractivity contribution in [2.75, 3.05) is 14.2 Å². The van der Waals surface area contributed by atoms with Crippen LogP contribution in [-0.2, 0) is 13.1 Å². The van der Waals surface area contributed by atoms with Crippen molar-refractivity contribution in [1.29, 1.82) is 0 Å². The molecule has 3 heterocycles. The van der Waals surface area contributed by atoms with E-state index in [2.05, 4.69) is 16.1 Å². The predicted molar refractivity (Wildman–Crippen MR) is 114 cm³/mol. The van der Waals surface area contributed by atoms with Gasteiger partial charge in [-0.15, -0.1) is 11.3 Å². The van der Waals surface area contributed by atoms with E-state index < -0.39 is 0 Å². The first-order valence-electron chi connectivity index (χ1n) is 9.29. The second kappa shape index (κ2) is 8.05. The third kappa shape index (κ3) is 4.00. The number of aromatic nitrogens is 3. The summed E-state index contributed by atoms with van der Waals surface area (Å²) in [4.78, 5) is 20.8. The molecule has 0 radical (unpaired) electrons. The van der Waals surface area contributed by atoms with E-state index in [4.69, 9.17) is 4.74 Å². The Labute approximate surface area is 173 Å². The zero-order valence-electron chi connectivity index (χ0n) is 16.6. The standard InChI is InChI=1S/C22H22N4O2S/c1-15-11-19(22(27)25(2)13-16-6-8-17(28-3)9-7-16)20-12-23-26(21(20)24-15)14-18-5-4-10-29-18/h4-12H,13-14H2,1-3H3. The Morgan fingerprint density at radius 1 is 1.24 bits per heavy atom. The van der Waals surface area contributed by atoms with Gasteiger partial charge in [-0.25, -0.2) is 9.67 Å². The van der Waals surface area contributed by atoms with Crippen LogP contribution in [0.1, 0.15) is 26.5 Å². The highest BCUT2D eigenvalue weighted by molar-refractivity contribution is 7.09. The van der Waals surface area contributed by atoms with Gasteiger partial charge in [-0.05, 0) is 42.1 Å². The van der Waals surface area contributed by atoms with E-state index >= 15 is 0 Å². The molecule has 4 aromatic rings. The Hall–Kier alpha value is -3.19. The molecule has 0 aliphatic heterocycles. The number of pyridine rings is 1. The van der Waals surface area contributed by atoms with Gasteiger partial charge in [0.25, 0.3) is 5.91 Å². The highest BCUT2D eigenvalue weighted by Gasteiger charge is 2.19. The molecule has 0 spiro atoms. The summed E-state index contributed by atoms with van der Waals surface area (Å²) in [5.41, 5.74) is 3.20. The average molecular weight is 407 g/mol. The molecule has 0 aliphatic carbocycles. The maximum absolute atomic E-state index is 13.2. The molecule has 0 aliphatic rings. The molecule has 7 heteroatoms. The first-order valence-corrected chi connectivity index (χ1v) is 10.2. The predicted octanol–water partition coefficient (Wildman–Crippen LogP) is 4.13. The number of methoxy groups -OCH3 is 1. The Bertz CT molecular complexity index is 1130. The lowest BCUT2D eigenvalue weighted by Gasteiger charge is -2.18. The van der Waals surface area contributed by atoms with E-state index in [-0.39, 0.29) is 5.91 Å². The molecule has 4 rings (SSSR count). The summed E-state index contributed by atoms with van der Waals surface area (Å²) in [7, 11) is 3.45. The minimum absolute atomic E-state index is 0.0491. The highest BCUT2D eigenvalue weighted by Crippen LogP contribution is 2.22. The van der Waals surface area contributed by atoms with Crippen molar-refractivity contribution in [2.45, 2.75) is 20.0 Å². The SMILES string of the molecule is COc1ccc(CN(C)C(=O)c2cc(C)nc3c2cnn3Cc2cccs2)cc1. The third-order valence-corrected chi connectivity index (χ3v) is 5.64. The van der Waals surface area contributed by atoms with Crippen molar-refractivity contribution in [3.8, 4) is 5.75 Å². The third-order valence-electron chi connectivity index (χ3n) is 4.78. The summed E-state index contributed by atoms with van der Waals surface area (Å²) in [6.45, 7) is 3.06. The number of amides is 1. The number of carbonyl (C=O) groups is 1. The van der Waals surface area contributed by atoms with Crippen LogP contribution in [0.5, 0.6) is 5.75 Å². The molecule has 148 valence electrons. The van der Waals surface area contributed by atoms with Crippen LogP contribution >= 0.6 is 11.3 Å². The van der Waals surface area contributed by atoms with Crippen LogP contribution in [0.2, 0.25) is 0 Å². The molecular formula is C22H22N4O2S. The lowest BCUT2D eigenvalue weighted by Crippen LogP contribution is -2.26. The number of rotatable bonds is 6. The van der Waals surface area contributed by atoms with Gasteiger partial charge in [0.2, 0.25) is 0 Å². The fourth-order valence-corrected chi connectivity index (χ4v) is 3.98. The van der Waals surface area contributed by atoms with Crippen molar-refractivity contribution >= 4 is 28.3 Å². The average Bonchev–Trinajstić information content (AvgIpc) is 3.38. The van der Waals surface area contributed by atoms with Crippen LogP contribution < -0.4 is 4.74 Å². The Morgan fingerprint density at radius 3 is 2.72 bits per heavy atom. The van der Waals surface area contributed by atoms with Gasteiger partial charge in [0.15, 0.2) is 5.65 Å². The topological polar surface area (TPSA) is 60.2 Å². The highest BCUT2D eigenvalue weighted by atomic mass is 32.1. The number of nitrogens with zero attached hydrogens (tertiary/aromatic N) is 4. The molecule has 0 N–H and O–H groups in total. The van der Waals surface area contributed by atoms with Gasteiger partial charge >= 0.3 is 0 Å². The number of benzene rings is 1. The molecule has 1 aromatic carbocycles. The molecule has 0 saturated heterocycles. The molecule has 6 nitrogen and oxygen atoms in total. The normalized spacial score (nSPS) is 11.0. The molecule has 29 heavy (non-hydrogen) atoms. The van der Waals surface area contributed by atoms with E-state index in [1.165, 1.54) is 4.88 Å². The first kappa shape index (κ1) is 19.1. The number of fused-ring (bicyclic) bond motifs is 1. The number of aryl methyl sites for hydroxylation is 1. The van der Waals surface area contributed by atoms with E-state index in [0.717, 1.165) is 28.0 Å². The second-order valence-electron chi connectivity index (χ2n) is 6.94. The van der Waals surface area contributed by atoms with E-state index in [1.807, 2.05) is 60.4 Å². The zero-order valence-corrected chi connectivity index (χ0v) is 17.4. The van der Waals surface area contributed by atoms with Gasteiger partial charge in [-0.1, -0.05) is 18.2 Å². The zero-order chi connectivity index (χ0) is 20.4. The summed E-state index contributed by atoms with van der Waals surface area (Å²) in [5, 5.41) is 7.31. The fraction of sp³-hybridized carbons (Fsp3) is 0.227. The largest absolute Gasteiger partial charge is 0.497 e. The number of ether oxygens (including phenoxy) is 1. The van der Waals surface area contributed by atoms with Crippen LogP contribution in [0.25, 0.3) is 11.0 Å². The summed E-state index contributed by atoms with van der Waals surface area (Å²) in [6.07, 6.45) is 1.74. The van der Waals surface area contributed by atoms with Crippen LogP contribution in [0.4, 0.5) is 0 Å². The van der Waals surface area contributed by atoms with E-state index in [9.17, 15) is 4.79 Å². The Kier molecular flexibility index (Phi) is 5.31. The molecule has 0 bridgehead atoms. The summed E-state index contributed by atoms with van der Waals surface area (Å²) >= 11 is 1.68. The van der Waals surface area contributed by atoms with Gasteiger partial charge in [-0.3, -0.25) is 4.79 Å².